The third-order valence-corrected chi connectivity index (χ3v) is 3.97. The summed E-state index contributed by atoms with van der Waals surface area (Å²) < 4.78 is 5.30. The highest BCUT2D eigenvalue weighted by Crippen LogP contribution is 2.11. The molecule has 2 atom stereocenters. The lowest BCUT2D eigenvalue weighted by Gasteiger charge is -2.33. The van der Waals surface area contributed by atoms with Crippen molar-refractivity contribution in [1.29, 1.82) is 0 Å². The van der Waals surface area contributed by atoms with Crippen molar-refractivity contribution in [2.45, 2.75) is 57.7 Å². The lowest BCUT2D eigenvalue weighted by Crippen LogP contribution is -2.53. The molecule has 2 aliphatic rings. The first kappa shape index (κ1) is 14.6. The highest BCUT2D eigenvalue weighted by Gasteiger charge is 2.25. The fourth-order valence-electron chi connectivity index (χ4n) is 2.75. The van der Waals surface area contributed by atoms with E-state index in [0.717, 1.165) is 26.1 Å². The summed E-state index contributed by atoms with van der Waals surface area (Å²) in [6, 6.07) is 0.915. The van der Waals surface area contributed by atoms with E-state index in [2.05, 4.69) is 24.5 Å². The number of carbonyl (C=O) groups excluding carboxylic acids is 1. The van der Waals surface area contributed by atoms with Crippen LogP contribution < -0.4 is 10.6 Å². The molecule has 5 heteroatoms. The van der Waals surface area contributed by atoms with Gasteiger partial charge in [0.15, 0.2) is 0 Å². The predicted octanol–water partition coefficient (Wildman–Crippen LogP) is 1.34. The first-order valence-corrected chi connectivity index (χ1v) is 7.55. The number of ether oxygens (including phenoxy) is 1. The summed E-state index contributed by atoms with van der Waals surface area (Å²) >= 11 is 0. The van der Waals surface area contributed by atoms with Crippen molar-refractivity contribution < 1.29 is 9.53 Å². The summed E-state index contributed by atoms with van der Waals surface area (Å²) in [6.45, 7) is 7.45. The van der Waals surface area contributed by atoms with Crippen molar-refractivity contribution in [1.82, 2.24) is 15.5 Å². The van der Waals surface area contributed by atoms with Crippen molar-refractivity contribution in [2.24, 2.45) is 0 Å². The van der Waals surface area contributed by atoms with Gasteiger partial charge >= 0.3 is 6.03 Å². The van der Waals surface area contributed by atoms with Gasteiger partial charge in [-0.25, -0.2) is 4.79 Å². The largest absolute Gasteiger partial charge is 0.379 e. The number of rotatable bonds is 4. The van der Waals surface area contributed by atoms with Crippen LogP contribution in [0.5, 0.6) is 0 Å². The average Bonchev–Trinajstić information content (AvgIpc) is 2.89. The smallest absolute Gasteiger partial charge is 0.317 e. The molecule has 2 heterocycles. The molecule has 2 unspecified atom stereocenters. The van der Waals surface area contributed by atoms with Crippen molar-refractivity contribution in [2.75, 3.05) is 26.3 Å². The lowest BCUT2D eigenvalue weighted by molar-refractivity contribution is 0.160. The highest BCUT2D eigenvalue weighted by atomic mass is 16.5. The molecule has 0 aliphatic carbocycles. The van der Waals surface area contributed by atoms with Crippen molar-refractivity contribution in [3.05, 3.63) is 0 Å². The second-order valence-corrected chi connectivity index (χ2v) is 5.90. The Kier molecular flexibility index (Phi) is 5.45. The Labute approximate surface area is 116 Å². The fourth-order valence-corrected chi connectivity index (χ4v) is 2.75. The van der Waals surface area contributed by atoms with Crippen LogP contribution in [-0.4, -0.2) is 55.4 Å². The van der Waals surface area contributed by atoms with E-state index in [0.29, 0.717) is 12.6 Å². The number of hydrogen-bond donors (Lipinski definition) is 2. The van der Waals surface area contributed by atoms with Gasteiger partial charge in [0.1, 0.15) is 0 Å². The fraction of sp³-hybridized carbons (Fsp3) is 0.929. The number of piperidine rings is 1. The van der Waals surface area contributed by atoms with Crippen molar-refractivity contribution in [3.63, 3.8) is 0 Å². The Hall–Kier alpha value is -0.810. The molecular weight excluding hydrogens is 242 g/mol. The minimum atomic E-state index is 0.0536. The van der Waals surface area contributed by atoms with Crippen LogP contribution in [0.4, 0.5) is 4.79 Å². The van der Waals surface area contributed by atoms with Gasteiger partial charge in [0.25, 0.3) is 0 Å². The Balaban J connectivity index is 1.84. The maximum Gasteiger partial charge on any atom is 0.317 e. The molecule has 5 nitrogen and oxygen atoms in total. The molecule has 0 radical (unpaired) electrons. The minimum Gasteiger partial charge on any atom is -0.379 e. The summed E-state index contributed by atoms with van der Waals surface area (Å²) in [6.07, 6.45) is 4.62. The van der Waals surface area contributed by atoms with E-state index < -0.39 is 0 Å². The molecule has 0 spiro atoms. The average molecular weight is 269 g/mol. The van der Waals surface area contributed by atoms with Crippen LogP contribution in [0.3, 0.4) is 0 Å². The van der Waals surface area contributed by atoms with Gasteiger partial charge in [-0.2, -0.15) is 0 Å². The first-order valence-electron chi connectivity index (χ1n) is 7.55. The number of hydrogen-bond acceptors (Lipinski definition) is 3. The standard InChI is InChI=1S/C14H27N3O2/c1-11(2)17(9-12-5-3-4-7-15-12)14(18)16-13-6-8-19-10-13/h11-13,15H,3-10H2,1-2H3,(H,16,18). The Morgan fingerprint density at radius 1 is 1.42 bits per heavy atom. The molecule has 0 aromatic rings. The second kappa shape index (κ2) is 7.10. The predicted molar refractivity (Wildman–Crippen MR) is 75.2 cm³/mol. The lowest BCUT2D eigenvalue weighted by atomic mass is 10.0. The topological polar surface area (TPSA) is 53.6 Å². The molecule has 2 N–H and O–H groups in total. The molecule has 2 aliphatic heterocycles. The third kappa shape index (κ3) is 4.35. The van der Waals surface area contributed by atoms with E-state index in [1.54, 1.807) is 0 Å². The van der Waals surface area contributed by atoms with Gasteiger partial charge in [0.05, 0.1) is 12.6 Å². The van der Waals surface area contributed by atoms with Gasteiger partial charge in [-0.3, -0.25) is 0 Å². The van der Waals surface area contributed by atoms with Crippen LogP contribution in [0.1, 0.15) is 39.5 Å². The molecule has 2 fully saturated rings. The van der Waals surface area contributed by atoms with E-state index in [1.165, 1.54) is 19.3 Å². The molecule has 0 saturated carbocycles. The van der Waals surface area contributed by atoms with Crippen LogP contribution in [0.2, 0.25) is 0 Å². The van der Waals surface area contributed by atoms with Gasteiger partial charge in [0, 0.05) is 25.2 Å². The zero-order valence-electron chi connectivity index (χ0n) is 12.2. The molecule has 0 aromatic carbocycles. The summed E-state index contributed by atoms with van der Waals surface area (Å²) in [4.78, 5) is 14.3. The van der Waals surface area contributed by atoms with E-state index in [1.807, 2.05) is 4.90 Å². The van der Waals surface area contributed by atoms with Crippen LogP contribution >= 0.6 is 0 Å². The molecule has 19 heavy (non-hydrogen) atoms. The first-order chi connectivity index (χ1) is 9.16. The monoisotopic (exact) mass is 269 g/mol. The summed E-state index contributed by atoms with van der Waals surface area (Å²) in [5.74, 6) is 0. The van der Waals surface area contributed by atoms with Crippen LogP contribution in [0.25, 0.3) is 0 Å². The molecule has 2 amide bonds. The Bertz CT molecular complexity index is 284. The zero-order chi connectivity index (χ0) is 13.7. The van der Waals surface area contributed by atoms with E-state index in [-0.39, 0.29) is 18.1 Å². The normalized spacial score (nSPS) is 27.5. The number of nitrogens with one attached hydrogen (secondary N) is 2. The summed E-state index contributed by atoms with van der Waals surface area (Å²) in [5.41, 5.74) is 0. The molecular formula is C14H27N3O2. The van der Waals surface area contributed by atoms with Crippen molar-refractivity contribution in [3.8, 4) is 0 Å². The van der Waals surface area contributed by atoms with E-state index in [4.69, 9.17) is 4.74 Å². The Morgan fingerprint density at radius 3 is 2.84 bits per heavy atom. The number of urea groups is 1. The SMILES string of the molecule is CC(C)N(CC1CCCCN1)C(=O)NC1CCOC1. The molecule has 0 bridgehead atoms. The van der Waals surface area contributed by atoms with Crippen molar-refractivity contribution >= 4 is 6.03 Å². The third-order valence-electron chi connectivity index (χ3n) is 3.97. The quantitative estimate of drug-likeness (QED) is 0.810. The summed E-state index contributed by atoms with van der Waals surface area (Å²) in [5, 5.41) is 6.59. The molecule has 110 valence electrons. The molecule has 2 saturated heterocycles. The van der Waals surface area contributed by atoms with Gasteiger partial charge in [0.2, 0.25) is 0 Å². The maximum absolute atomic E-state index is 12.3. The van der Waals surface area contributed by atoms with E-state index in [9.17, 15) is 4.79 Å². The van der Waals surface area contributed by atoms with E-state index >= 15 is 0 Å². The van der Waals surface area contributed by atoms with Gasteiger partial charge < -0.3 is 20.3 Å². The zero-order valence-corrected chi connectivity index (χ0v) is 12.2. The number of nitrogens with zero attached hydrogens (tertiary/aromatic N) is 1. The molecule has 0 aromatic heterocycles. The van der Waals surface area contributed by atoms with Crippen LogP contribution in [0.15, 0.2) is 0 Å². The van der Waals surface area contributed by atoms with Crippen LogP contribution in [0, 0.1) is 0 Å². The highest BCUT2D eigenvalue weighted by molar-refractivity contribution is 5.75. The second-order valence-electron chi connectivity index (χ2n) is 5.90. The molecule has 2 rings (SSSR count). The summed E-state index contributed by atoms with van der Waals surface area (Å²) in [7, 11) is 0. The Morgan fingerprint density at radius 2 is 2.26 bits per heavy atom. The van der Waals surface area contributed by atoms with Gasteiger partial charge in [-0.05, 0) is 39.7 Å². The number of carbonyl (C=O) groups is 1. The number of amides is 2. The minimum absolute atomic E-state index is 0.0536. The van der Waals surface area contributed by atoms with Gasteiger partial charge in [-0.15, -0.1) is 0 Å². The maximum atomic E-state index is 12.3. The van der Waals surface area contributed by atoms with Crippen LogP contribution in [-0.2, 0) is 4.74 Å². The van der Waals surface area contributed by atoms with Gasteiger partial charge in [-0.1, -0.05) is 6.42 Å².